The smallest absolute Gasteiger partial charge is 0.237 e. The number of anilines is 1. The lowest BCUT2D eigenvalue weighted by Crippen LogP contribution is -2.23. The van der Waals surface area contributed by atoms with Gasteiger partial charge in [0.1, 0.15) is 5.82 Å². The summed E-state index contributed by atoms with van der Waals surface area (Å²) >= 11 is 1.41. The van der Waals surface area contributed by atoms with Crippen molar-refractivity contribution in [3.8, 4) is 0 Å². The van der Waals surface area contributed by atoms with Crippen LogP contribution in [0.15, 0.2) is 23.4 Å². The molecule has 1 aromatic carbocycles. The number of aryl methyl sites for hydroxylation is 3. The zero-order valence-electron chi connectivity index (χ0n) is 16.0. The highest BCUT2D eigenvalue weighted by atomic mass is 32.2. The van der Waals surface area contributed by atoms with Gasteiger partial charge in [0.15, 0.2) is 5.16 Å². The lowest BCUT2D eigenvalue weighted by atomic mass is 10.1. The van der Waals surface area contributed by atoms with Gasteiger partial charge in [0.05, 0.1) is 5.25 Å². The van der Waals surface area contributed by atoms with Crippen LogP contribution in [0.4, 0.5) is 5.69 Å². The molecule has 0 spiro atoms. The summed E-state index contributed by atoms with van der Waals surface area (Å²) in [4.78, 5) is 23.8. The molecule has 1 unspecified atom stereocenters. The van der Waals surface area contributed by atoms with Crippen molar-refractivity contribution in [2.75, 3.05) is 5.32 Å². The van der Waals surface area contributed by atoms with Gasteiger partial charge in [-0.3, -0.25) is 9.59 Å². The summed E-state index contributed by atoms with van der Waals surface area (Å²) in [6.45, 7) is 1.88. The summed E-state index contributed by atoms with van der Waals surface area (Å²) < 4.78 is 2.08. The van der Waals surface area contributed by atoms with Gasteiger partial charge in [0.2, 0.25) is 11.8 Å². The van der Waals surface area contributed by atoms with Gasteiger partial charge in [0.25, 0.3) is 0 Å². The Morgan fingerprint density at radius 1 is 1.29 bits per heavy atom. The summed E-state index contributed by atoms with van der Waals surface area (Å²) in [6, 6.07) is 6.55. The lowest BCUT2D eigenvalue weighted by molar-refractivity contribution is -0.118. The SMILES string of the molecule is CC(Sc1nnc(CCC(N)=O)n1C1CC1)C(=O)Nc1ccc2c(c1)CCC2. The van der Waals surface area contributed by atoms with E-state index in [2.05, 4.69) is 32.2 Å². The average molecular weight is 400 g/mol. The minimum absolute atomic E-state index is 0.0491. The molecular weight excluding hydrogens is 374 g/mol. The largest absolute Gasteiger partial charge is 0.370 e. The Balaban J connectivity index is 1.42. The van der Waals surface area contributed by atoms with Crippen LogP contribution >= 0.6 is 11.8 Å². The summed E-state index contributed by atoms with van der Waals surface area (Å²) in [7, 11) is 0. The standard InChI is InChI=1S/C20H25N5O2S/c1-12(19(27)22-15-6-5-13-3-2-4-14(13)11-15)28-20-24-23-18(10-9-17(21)26)25(20)16-7-8-16/h5-6,11-12,16H,2-4,7-10H2,1H3,(H2,21,26)(H,22,27). The fraction of sp³-hybridized carbons (Fsp3) is 0.500. The number of nitrogens with two attached hydrogens (primary N) is 1. The van der Waals surface area contributed by atoms with Crippen molar-refractivity contribution in [1.29, 1.82) is 0 Å². The molecule has 2 amide bonds. The number of hydrogen-bond acceptors (Lipinski definition) is 5. The monoisotopic (exact) mass is 399 g/mol. The summed E-state index contributed by atoms with van der Waals surface area (Å²) in [6.07, 6.45) is 6.29. The number of hydrogen-bond donors (Lipinski definition) is 2. The molecule has 8 heteroatoms. The van der Waals surface area contributed by atoms with Gasteiger partial charge in [-0.1, -0.05) is 17.8 Å². The first-order valence-corrected chi connectivity index (χ1v) is 10.7. The zero-order chi connectivity index (χ0) is 19.7. The van der Waals surface area contributed by atoms with Crippen molar-refractivity contribution in [1.82, 2.24) is 14.8 Å². The summed E-state index contributed by atoms with van der Waals surface area (Å²) in [5.41, 5.74) is 8.84. The van der Waals surface area contributed by atoms with E-state index in [1.807, 2.05) is 13.0 Å². The van der Waals surface area contributed by atoms with Crippen LogP contribution in [0.3, 0.4) is 0 Å². The normalized spacial score (nSPS) is 16.6. The first-order valence-electron chi connectivity index (χ1n) is 9.82. The Morgan fingerprint density at radius 3 is 2.82 bits per heavy atom. The van der Waals surface area contributed by atoms with Crippen LogP contribution in [0.1, 0.15) is 55.6 Å². The highest BCUT2D eigenvalue weighted by Gasteiger charge is 2.31. The summed E-state index contributed by atoms with van der Waals surface area (Å²) in [5, 5.41) is 12.0. The molecule has 1 aromatic heterocycles. The van der Waals surface area contributed by atoms with Crippen molar-refractivity contribution in [2.24, 2.45) is 5.73 Å². The fourth-order valence-corrected chi connectivity index (χ4v) is 4.54. The molecule has 0 aliphatic heterocycles. The molecule has 1 heterocycles. The van der Waals surface area contributed by atoms with Crippen LogP contribution < -0.4 is 11.1 Å². The number of carbonyl (C=O) groups is 2. The third-order valence-corrected chi connectivity index (χ3v) is 6.32. The molecule has 7 nitrogen and oxygen atoms in total. The molecule has 0 saturated heterocycles. The van der Waals surface area contributed by atoms with Gasteiger partial charge < -0.3 is 15.6 Å². The number of nitrogens with zero attached hydrogens (tertiary/aromatic N) is 3. The van der Waals surface area contributed by atoms with E-state index >= 15 is 0 Å². The number of benzene rings is 1. The van der Waals surface area contributed by atoms with Gasteiger partial charge in [0, 0.05) is 24.6 Å². The molecule has 4 rings (SSSR count). The van der Waals surface area contributed by atoms with Crippen LogP contribution in [-0.2, 0) is 28.9 Å². The van der Waals surface area contributed by atoms with Gasteiger partial charge in [-0.25, -0.2) is 0 Å². The first-order chi connectivity index (χ1) is 13.5. The molecule has 1 fully saturated rings. The minimum atomic E-state index is -0.346. The van der Waals surface area contributed by atoms with Gasteiger partial charge in [-0.2, -0.15) is 0 Å². The second-order valence-corrected chi connectivity index (χ2v) is 8.86. The third-order valence-electron chi connectivity index (χ3n) is 5.26. The molecule has 3 N–H and O–H groups in total. The predicted molar refractivity (Wildman–Crippen MR) is 108 cm³/mol. The Labute approximate surface area is 168 Å². The molecule has 0 bridgehead atoms. The maximum Gasteiger partial charge on any atom is 0.237 e. The van der Waals surface area contributed by atoms with Gasteiger partial charge in [-0.05, 0) is 62.3 Å². The van der Waals surface area contributed by atoms with Crippen molar-refractivity contribution < 1.29 is 9.59 Å². The molecule has 2 aromatic rings. The molecule has 1 saturated carbocycles. The Kier molecular flexibility index (Phi) is 5.39. The molecule has 2 aliphatic carbocycles. The number of amides is 2. The molecule has 1 atom stereocenters. The first kappa shape index (κ1) is 19.0. The second-order valence-electron chi connectivity index (χ2n) is 7.55. The van der Waals surface area contributed by atoms with E-state index in [9.17, 15) is 9.59 Å². The van der Waals surface area contributed by atoms with Crippen LogP contribution in [0.25, 0.3) is 0 Å². The average Bonchev–Trinajstić information content (AvgIpc) is 3.25. The quantitative estimate of drug-likeness (QED) is 0.664. The zero-order valence-corrected chi connectivity index (χ0v) is 16.8. The van der Waals surface area contributed by atoms with Crippen molar-refractivity contribution in [3.05, 3.63) is 35.2 Å². The summed E-state index contributed by atoms with van der Waals surface area (Å²) in [5.74, 6) is 0.378. The number of nitrogens with one attached hydrogen (secondary N) is 1. The van der Waals surface area contributed by atoms with Crippen LogP contribution in [-0.4, -0.2) is 31.8 Å². The van der Waals surface area contributed by atoms with E-state index < -0.39 is 0 Å². The highest BCUT2D eigenvalue weighted by molar-refractivity contribution is 8.00. The van der Waals surface area contributed by atoms with Crippen molar-refractivity contribution >= 4 is 29.3 Å². The number of thioether (sulfide) groups is 1. The minimum Gasteiger partial charge on any atom is -0.370 e. The van der Waals surface area contributed by atoms with Crippen molar-refractivity contribution in [2.45, 2.75) is 68.3 Å². The lowest BCUT2D eigenvalue weighted by Gasteiger charge is -2.14. The third kappa shape index (κ3) is 4.22. The number of rotatable bonds is 8. The van der Waals surface area contributed by atoms with E-state index in [4.69, 9.17) is 5.73 Å². The number of primary amides is 1. The topological polar surface area (TPSA) is 103 Å². The number of aromatic nitrogens is 3. The van der Waals surface area contributed by atoms with Crippen molar-refractivity contribution in [3.63, 3.8) is 0 Å². The molecule has 2 aliphatic rings. The van der Waals surface area contributed by atoms with E-state index in [1.54, 1.807) is 0 Å². The van der Waals surface area contributed by atoms with Gasteiger partial charge in [-0.15, -0.1) is 10.2 Å². The Hall–Kier alpha value is -2.35. The molecule has 28 heavy (non-hydrogen) atoms. The Bertz CT molecular complexity index is 906. The highest BCUT2D eigenvalue weighted by Crippen LogP contribution is 2.39. The molecule has 0 radical (unpaired) electrons. The van der Waals surface area contributed by atoms with Crippen LogP contribution in [0, 0.1) is 0 Å². The molecule has 148 valence electrons. The Morgan fingerprint density at radius 2 is 2.07 bits per heavy atom. The second kappa shape index (κ2) is 7.95. The van der Waals surface area contributed by atoms with Crippen LogP contribution in [0.5, 0.6) is 0 Å². The van der Waals surface area contributed by atoms with Crippen LogP contribution in [0.2, 0.25) is 0 Å². The van der Waals surface area contributed by atoms with E-state index in [-0.39, 0.29) is 23.5 Å². The van der Waals surface area contributed by atoms with E-state index in [0.717, 1.165) is 42.4 Å². The number of fused-ring (bicyclic) bond motifs is 1. The van der Waals surface area contributed by atoms with Gasteiger partial charge >= 0.3 is 0 Å². The van der Waals surface area contributed by atoms with E-state index in [0.29, 0.717) is 12.5 Å². The maximum atomic E-state index is 12.7. The fourth-order valence-electron chi connectivity index (χ4n) is 3.60. The molecular formula is C20H25N5O2S. The number of carbonyl (C=O) groups excluding carboxylic acids is 2. The maximum absolute atomic E-state index is 12.7. The predicted octanol–water partition coefficient (Wildman–Crippen LogP) is 2.64. The van der Waals surface area contributed by atoms with E-state index in [1.165, 1.54) is 29.3 Å².